The highest BCUT2D eigenvalue weighted by atomic mass is 35.5. The summed E-state index contributed by atoms with van der Waals surface area (Å²) in [5.74, 6) is 0.764. The van der Waals surface area contributed by atoms with Gasteiger partial charge in [-0.2, -0.15) is 5.10 Å². The van der Waals surface area contributed by atoms with Crippen LogP contribution in [-0.4, -0.2) is 19.7 Å². The van der Waals surface area contributed by atoms with Gasteiger partial charge >= 0.3 is 0 Å². The average molecular weight is 295 g/mol. The van der Waals surface area contributed by atoms with Crippen LogP contribution < -0.4 is 0 Å². The zero-order chi connectivity index (χ0) is 14.2. The molecule has 4 nitrogen and oxygen atoms in total. The van der Waals surface area contributed by atoms with E-state index in [0.29, 0.717) is 5.02 Å². The van der Waals surface area contributed by atoms with E-state index < -0.39 is 0 Å². The predicted molar refractivity (Wildman–Crippen MR) is 83.7 cm³/mol. The van der Waals surface area contributed by atoms with Crippen LogP contribution in [0.3, 0.4) is 0 Å². The highest BCUT2D eigenvalue weighted by molar-refractivity contribution is 6.34. The normalized spacial score (nSPS) is 11.1. The maximum Gasteiger partial charge on any atom is 0.141 e. The first-order chi connectivity index (χ1) is 10.3. The maximum absolute atomic E-state index is 6.16. The van der Waals surface area contributed by atoms with Gasteiger partial charge in [0.1, 0.15) is 11.3 Å². The number of fused-ring (bicyclic) bond motifs is 1. The van der Waals surface area contributed by atoms with Crippen LogP contribution >= 0.6 is 11.6 Å². The smallest absolute Gasteiger partial charge is 0.141 e. The lowest BCUT2D eigenvalue weighted by Crippen LogP contribution is -1.92. The number of rotatable bonds is 2. The van der Waals surface area contributed by atoms with Crippen molar-refractivity contribution in [1.29, 1.82) is 0 Å². The number of benzene rings is 2. The van der Waals surface area contributed by atoms with Crippen LogP contribution in [0.4, 0.5) is 0 Å². The molecule has 102 valence electrons. The van der Waals surface area contributed by atoms with Crippen molar-refractivity contribution < 1.29 is 0 Å². The molecule has 0 unspecified atom stereocenters. The van der Waals surface area contributed by atoms with Gasteiger partial charge in [-0.3, -0.25) is 0 Å². The minimum atomic E-state index is 0.644. The Kier molecular flexibility index (Phi) is 2.75. The number of nitrogens with one attached hydrogen (secondary N) is 1. The predicted octanol–water partition coefficient (Wildman–Crippen LogP) is 4.07. The number of halogens is 1. The second-order valence-electron chi connectivity index (χ2n) is 4.73. The number of para-hydroxylation sites is 2. The van der Waals surface area contributed by atoms with E-state index in [4.69, 9.17) is 11.6 Å². The lowest BCUT2D eigenvalue weighted by molar-refractivity contribution is 0.880. The molecule has 2 aromatic carbocycles. The first-order valence-electron chi connectivity index (χ1n) is 6.56. The van der Waals surface area contributed by atoms with Gasteiger partial charge < -0.3 is 4.98 Å². The van der Waals surface area contributed by atoms with Crippen LogP contribution in [-0.2, 0) is 0 Å². The van der Waals surface area contributed by atoms with Gasteiger partial charge in [0.15, 0.2) is 0 Å². The summed E-state index contributed by atoms with van der Waals surface area (Å²) in [5, 5.41) is 5.02. The van der Waals surface area contributed by atoms with Crippen molar-refractivity contribution in [3.05, 3.63) is 65.9 Å². The Labute approximate surface area is 126 Å². The van der Waals surface area contributed by atoms with E-state index in [1.54, 1.807) is 6.20 Å². The van der Waals surface area contributed by atoms with Crippen molar-refractivity contribution >= 4 is 22.6 Å². The van der Waals surface area contributed by atoms with E-state index in [1.165, 1.54) is 0 Å². The molecule has 5 heteroatoms. The van der Waals surface area contributed by atoms with E-state index in [2.05, 4.69) is 15.1 Å². The fraction of sp³-hybridized carbons (Fsp3) is 0. The lowest BCUT2D eigenvalue weighted by atomic mass is 10.3. The van der Waals surface area contributed by atoms with Gasteiger partial charge in [0.25, 0.3) is 0 Å². The van der Waals surface area contributed by atoms with Gasteiger partial charge in [-0.05, 0) is 24.3 Å². The molecule has 0 radical (unpaired) electrons. The molecule has 0 fully saturated rings. The quantitative estimate of drug-likeness (QED) is 0.606. The summed E-state index contributed by atoms with van der Waals surface area (Å²) < 4.78 is 1.82. The van der Waals surface area contributed by atoms with E-state index >= 15 is 0 Å². The summed E-state index contributed by atoms with van der Waals surface area (Å²) in [6.45, 7) is 0. The first kappa shape index (κ1) is 12.2. The number of H-pyrrole nitrogens is 1. The van der Waals surface area contributed by atoms with Gasteiger partial charge in [0, 0.05) is 6.20 Å². The van der Waals surface area contributed by atoms with Crippen molar-refractivity contribution in [1.82, 2.24) is 19.7 Å². The van der Waals surface area contributed by atoms with Gasteiger partial charge in [0.2, 0.25) is 0 Å². The Hall–Kier alpha value is -2.59. The van der Waals surface area contributed by atoms with E-state index in [0.717, 1.165) is 28.1 Å². The standard InChI is InChI=1S/C16H11ClN4/c17-13-7-4-8-14-15(13)20-16(19-14)11-9-18-21(10-11)12-5-2-1-3-6-12/h1-10H,(H,19,20). The number of aromatic amines is 1. The minimum absolute atomic E-state index is 0.644. The first-order valence-corrected chi connectivity index (χ1v) is 6.94. The number of hydrogen-bond acceptors (Lipinski definition) is 2. The molecule has 0 saturated carbocycles. The zero-order valence-electron chi connectivity index (χ0n) is 11.0. The molecular formula is C16H11ClN4. The van der Waals surface area contributed by atoms with Gasteiger partial charge in [0.05, 0.1) is 28.0 Å². The molecule has 0 saturated heterocycles. The van der Waals surface area contributed by atoms with Crippen molar-refractivity contribution in [2.45, 2.75) is 0 Å². The summed E-state index contributed by atoms with van der Waals surface area (Å²) in [6, 6.07) is 15.7. The molecule has 4 aromatic rings. The highest BCUT2D eigenvalue weighted by Crippen LogP contribution is 2.25. The van der Waals surface area contributed by atoms with E-state index in [1.807, 2.05) is 59.4 Å². The molecule has 0 amide bonds. The maximum atomic E-state index is 6.16. The number of imidazole rings is 1. The largest absolute Gasteiger partial charge is 0.338 e. The molecule has 0 aliphatic carbocycles. The van der Waals surface area contributed by atoms with Gasteiger partial charge in [-0.1, -0.05) is 35.9 Å². The third-order valence-corrected chi connectivity index (χ3v) is 3.65. The second kappa shape index (κ2) is 4.75. The van der Waals surface area contributed by atoms with Gasteiger partial charge in [-0.25, -0.2) is 9.67 Å². The summed E-state index contributed by atoms with van der Waals surface area (Å²) >= 11 is 6.16. The molecule has 0 aliphatic heterocycles. The van der Waals surface area contributed by atoms with Crippen LogP contribution in [0.1, 0.15) is 0 Å². The fourth-order valence-electron chi connectivity index (χ4n) is 2.30. The molecular weight excluding hydrogens is 284 g/mol. The lowest BCUT2D eigenvalue weighted by Gasteiger charge is -1.98. The van der Waals surface area contributed by atoms with Crippen LogP contribution in [0.15, 0.2) is 60.9 Å². The Morgan fingerprint density at radius 2 is 1.86 bits per heavy atom. The molecule has 0 aliphatic rings. The molecule has 1 N–H and O–H groups in total. The van der Waals surface area contributed by atoms with Crippen molar-refractivity contribution in [3.63, 3.8) is 0 Å². The Balaban J connectivity index is 1.79. The molecule has 2 heterocycles. The zero-order valence-corrected chi connectivity index (χ0v) is 11.7. The average Bonchev–Trinajstić information content (AvgIpc) is 3.15. The molecule has 0 atom stereocenters. The fourth-order valence-corrected chi connectivity index (χ4v) is 2.52. The van der Waals surface area contributed by atoms with Crippen LogP contribution in [0.2, 0.25) is 5.02 Å². The Morgan fingerprint density at radius 1 is 1.00 bits per heavy atom. The molecule has 2 aromatic heterocycles. The monoisotopic (exact) mass is 294 g/mol. The van der Waals surface area contributed by atoms with E-state index in [-0.39, 0.29) is 0 Å². The van der Waals surface area contributed by atoms with Crippen LogP contribution in [0.5, 0.6) is 0 Å². The SMILES string of the molecule is Clc1cccc2[nH]c(-c3cnn(-c4ccccc4)c3)nc12. The molecule has 0 bridgehead atoms. The number of aromatic nitrogens is 4. The van der Waals surface area contributed by atoms with Crippen molar-refractivity contribution in [3.8, 4) is 17.1 Å². The third-order valence-electron chi connectivity index (χ3n) is 3.34. The Morgan fingerprint density at radius 3 is 2.67 bits per heavy atom. The third kappa shape index (κ3) is 2.10. The summed E-state index contributed by atoms with van der Waals surface area (Å²) in [5.41, 5.74) is 3.63. The topological polar surface area (TPSA) is 46.5 Å². The number of hydrogen-bond donors (Lipinski definition) is 1. The molecule has 0 spiro atoms. The molecule has 21 heavy (non-hydrogen) atoms. The highest BCUT2D eigenvalue weighted by Gasteiger charge is 2.10. The minimum Gasteiger partial charge on any atom is -0.338 e. The van der Waals surface area contributed by atoms with E-state index in [9.17, 15) is 0 Å². The van der Waals surface area contributed by atoms with Crippen molar-refractivity contribution in [2.24, 2.45) is 0 Å². The Bertz CT molecular complexity index is 908. The summed E-state index contributed by atoms with van der Waals surface area (Å²) in [6.07, 6.45) is 3.74. The summed E-state index contributed by atoms with van der Waals surface area (Å²) in [4.78, 5) is 7.82. The summed E-state index contributed by atoms with van der Waals surface area (Å²) in [7, 11) is 0. The number of nitrogens with zero attached hydrogens (tertiary/aromatic N) is 3. The second-order valence-corrected chi connectivity index (χ2v) is 5.14. The van der Waals surface area contributed by atoms with Crippen LogP contribution in [0.25, 0.3) is 28.1 Å². The van der Waals surface area contributed by atoms with Crippen molar-refractivity contribution in [2.75, 3.05) is 0 Å². The van der Waals surface area contributed by atoms with Crippen LogP contribution in [0, 0.1) is 0 Å². The molecule has 4 rings (SSSR count). The van der Waals surface area contributed by atoms with Gasteiger partial charge in [-0.15, -0.1) is 0 Å².